The minimum atomic E-state index is -0.915. The Hall–Kier alpha value is -4.44. The number of hydrogen-bond donors (Lipinski definition) is 4. The van der Waals surface area contributed by atoms with Gasteiger partial charge in [-0.1, -0.05) is 62.4 Å². The van der Waals surface area contributed by atoms with Crippen LogP contribution in [0.25, 0.3) is 20.7 Å². The molecule has 2 aliphatic heterocycles. The fraction of sp³-hybridized carbons (Fsp3) is 0.500. The summed E-state index contributed by atoms with van der Waals surface area (Å²) in [6, 6.07) is 11.4. The average molecular weight is 790 g/mol. The van der Waals surface area contributed by atoms with Gasteiger partial charge in [-0.3, -0.25) is 19.2 Å². The Morgan fingerprint density at radius 1 is 1.04 bits per heavy atom. The number of aryl methyl sites for hydroxylation is 1. The number of para-hydroxylation sites is 1. The molecule has 55 heavy (non-hydrogen) atoms. The second kappa shape index (κ2) is 17.6. The van der Waals surface area contributed by atoms with Gasteiger partial charge in [0, 0.05) is 39.0 Å². The van der Waals surface area contributed by atoms with E-state index in [4.69, 9.17) is 9.72 Å². The van der Waals surface area contributed by atoms with Gasteiger partial charge in [-0.2, -0.15) is 0 Å². The number of benzene rings is 2. The number of aliphatic hydroxyl groups is 1. The zero-order chi connectivity index (χ0) is 39.3. The Morgan fingerprint density at radius 2 is 1.78 bits per heavy atom. The number of thiazole rings is 2. The molecule has 6 rings (SSSR count). The van der Waals surface area contributed by atoms with Crippen LogP contribution in [0.5, 0.6) is 0 Å². The van der Waals surface area contributed by atoms with Crippen molar-refractivity contribution in [3.63, 3.8) is 0 Å². The van der Waals surface area contributed by atoms with Gasteiger partial charge in [0.15, 0.2) is 5.13 Å². The lowest BCUT2D eigenvalue weighted by molar-refractivity contribution is -0.144. The van der Waals surface area contributed by atoms with Crippen molar-refractivity contribution in [1.29, 1.82) is 0 Å². The molecule has 13 nitrogen and oxygen atoms in total. The van der Waals surface area contributed by atoms with Gasteiger partial charge in [0.2, 0.25) is 17.7 Å². The molecule has 4 N–H and O–H groups in total. The summed E-state index contributed by atoms with van der Waals surface area (Å²) in [4.78, 5) is 67.8. The Bertz CT molecular complexity index is 1980. The smallest absolute Gasteiger partial charge is 0.253 e. The summed E-state index contributed by atoms with van der Waals surface area (Å²) in [5.41, 5.74) is 5.27. The number of anilines is 1. The molecule has 0 bridgehead atoms. The maximum absolute atomic E-state index is 14.0. The van der Waals surface area contributed by atoms with Gasteiger partial charge in [0.1, 0.15) is 12.1 Å². The number of carbonyl (C=O) groups excluding carboxylic acids is 4. The van der Waals surface area contributed by atoms with E-state index in [2.05, 4.69) is 25.8 Å². The molecule has 4 aromatic rings. The molecule has 1 unspecified atom stereocenters. The predicted molar refractivity (Wildman–Crippen MR) is 215 cm³/mol. The van der Waals surface area contributed by atoms with Crippen molar-refractivity contribution in [2.45, 2.75) is 84.5 Å². The summed E-state index contributed by atoms with van der Waals surface area (Å²) in [6.07, 6.45) is 0.460. The van der Waals surface area contributed by atoms with Gasteiger partial charge in [-0.25, -0.2) is 9.97 Å². The molecule has 15 heteroatoms. The molecule has 294 valence electrons. The van der Waals surface area contributed by atoms with Crippen LogP contribution in [-0.2, 0) is 19.1 Å². The number of rotatable bonds is 13. The fourth-order valence-electron chi connectivity index (χ4n) is 6.97. The van der Waals surface area contributed by atoms with E-state index in [1.807, 2.05) is 76.5 Å². The van der Waals surface area contributed by atoms with E-state index in [0.717, 1.165) is 44.6 Å². The van der Waals surface area contributed by atoms with Gasteiger partial charge in [-0.05, 0) is 55.4 Å². The number of fused-ring (bicyclic) bond motifs is 1. The highest BCUT2D eigenvalue weighted by atomic mass is 32.1. The molecule has 0 saturated carbocycles. The van der Waals surface area contributed by atoms with Crippen molar-refractivity contribution < 1.29 is 29.0 Å². The summed E-state index contributed by atoms with van der Waals surface area (Å²) in [6.45, 7) is 12.7. The highest BCUT2D eigenvalue weighted by Gasteiger charge is 2.44. The first-order valence-electron chi connectivity index (χ1n) is 18.9. The largest absolute Gasteiger partial charge is 0.391 e. The molecule has 4 atom stereocenters. The Balaban J connectivity index is 0.994. The summed E-state index contributed by atoms with van der Waals surface area (Å²) < 4.78 is 6.40. The van der Waals surface area contributed by atoms with Crippen molar-refractivity contribution in [2.24, 2.45) is 5.41 Å². The van der Waals surface area contributed by atoms with Crippen molar-refractivity contribution in [2.75, 3.05) is 44.3 Å². The van der Waals surface area contributed by atoms with Crippen LogP contribution >= 0.6 is 22.7 Å². The molecule has 2 aromatic carbocycles. The van der Waals surface area contributed by atoms with E-state index in [9.17, 15) is 24.3 Å². The van der Waals surface area contributed by atoms with Gasteiger partial charge in [-0.15, -0.1) is 11.3 Å². The highest BCUT2D eigenvalue weighted by molar-refractivity contribution is 7.22. The zero-order valence-electron chi connectivity index (χ0n) is 32.1. The minimum Gasteiger partial charge on any atom is -0.391 e. The van der Waals surface area contributed by atoms with E-state index in [1.54, 1.807) is 28.7 Å². The van der Waals surface area contributed by atoms with Gasteiger partial charge in [0.05, 0.1) is 57.2 Å². The van der Waals surface area contributed by atoms with Gasteiger partial charge < -0.3 is 35.6 Å². The number of aliphatic hydroxyl groups excluding tert-OH is 1. The number of hydrogen-bond acceptors (Lipinski definition) is 11. The van der Waals surface area contributed by atoms with E-state index >= 15 is 0 Å². The van der Waals surface area contributed by atoms with Crippen LogP contribution in [0.1, 0.15) is 81.0 Å². The highest BCUT2D eigenvalue weighted by Crippen LogP contribution is 2.32. The predicted octanol–water partition coefficient (Wildman–Crippen LogP) is 4.84. The van der Waals surface area contributed by atoms with E-state index < -0.39 is 29.5 Å². The van der Waals surface area contributed by atoms with Crippen molar-refractivity contribution in [1.82, 2.24) is 30.8 Å². The van der Waals surface area contributed by atoms with Crippen molar-refractivity contribution in [3.8, 4) is 10.4 Å². The maximum atomic E-state index is 14.0. The zero-order valence-corrected chi connectivity index (χ0v) is 33.7. The standard InChI is InChI=1S/C40H51N7O6S2/c1-24(26-12-14-27(15-13-26)34-25(2)42-23-54-34)43-37(51)30-21-28(48)22-47(30)38(52)35(40(3,4)5)44-32(49)11-6-7-16-41-36(50)29-9-8-10-31-33(29)45-39(55-31)46-17-19-53-20-18-46/h8-10,12-15,23-24,28,30,35,48H,6-7,11,16-22H2,1-5H3,(H,41,50)(H,43,51)(H,44,49)/t24-,28+,30-,35?/m0/s1. The van der Waals surface area contributed by atoms with Crippen LogP contribution < -0.4 is 20.9 Å². The van der Waals surface area contributed by atoms with Crippen LogP contribution in [0.2, 0.25) is 0 Å². The molecule has 0 spiro atoms. The van der Waals surface area contributed by atoms with Crippen LogP contribution in [0, 0.1) is 12.3 Å². The summed E-state index contributed by atoms with van der Waals surface area (Å²) >= 11 is 3.14. The molecular weight excluding hydrogens is 739 g/mol. The maximum Gasteiger partial charge on any atom is 0.253 e. The lowest BCUT2D eigenvalue weighted by Crippen LogP contribution is -2.57. The first-order chi connectivity index (χ1) is 26.3. The fourth-order valence-corrected chi connectivity index (χ4v) is 8.82. The summed E-state index contributed by atoms with van der Waals surface area (Å²) in [5, 5.41) is 20.4. The van der Waals surface area contributed by atoms with Crippen molar-refractivity contribution >= 4 is 61.7 Å². The number of β-amino-alcohol motifs (C(OH)–C–C–N with tert-alkyl or cyclic N) is 1. The SMILES string of the molecule is Cc1ncsc1-c1ccc([C@H](C)NC(=O)[C@@H]2C[C@@H](O)CN2C(=O)C(NC(=O)CCCCNC(=O)c2cccc3sc(N4CCOCC4)nc23)C(C)(C)C)cc1. The lowest BCUT2D eigenvalue weighted by Gasteiger charge is -2.35. The number of aromatic nitrogens is 2. The molecule has 4 amide bonds. The van der Waals surface area contributed by atoms with E-state index in [0.29, 0.717) is 43.7 Å². The lowest BCUT2D eigenvalue weighted by atomic mass is 9.85. The topological polar surface area (TPSA) is 166 Å². The number of carbonyl (C=O) groups is 4. The molecule has 0 radical (unpaired) electrons. The summed E-state index contributed by atoms with van der Waals surface area (Å²) in [7, 11) is 0. The molecule has 4 heterocycles. The third-order valence-corrected chi connectivity index (χ3v) is 12.2. The molecular formula is C40H51N7O6S2. The number of nitrogens with one attached hydrogen (secondary N) is 3. The Kier molecular flexibility index (Phi) is 12.9. The number of amides is 4. The van der Waals surface area contributed by atoms with Crippen LogP contribution in [0.15, 0.2) is 48.0 Å². The third kappa shape index (κ3) is 9.69. The number of likely N-dealkylation sites (tertiary alicyclic amines) is 1. The average Bonchev–Trinajstić information content (AvgIpc) is 3.91. The van der Waals surface area contributed by atoms with Crippen molar-refractivity contribution in [3.05, 3.63) is 64.8 Å². The van der Waals surface area contributed by atoms with E-state index in [1.165, 1.54) is 4.90 Å². The van der Waals surface area contributed by atoms with Crippen LogP contribution in [-0.4, -0.2) is 101 Å². The number of nitrogens with zero attached hydrogens (tertiary/aromatic N) is 4. The van der Waals surface area contributed by atoms with Gasteiger partial charge >= 0.3 is 0 Å². The quantitative estimate of drug-likeness (QED) is 0.139. The number of morpholine rings is 1. The molecule has 0 aliphatic carbocycles. The first kappa shape index (κ1) is 40.2. The molecule has 2 aromatic heterocycles. The number of unbranched alkanes of at least 4 members (excludes halogenated alkanes) is 1. The number of ether oxygens (including phenoxy) is 1. The normalized spacial score (nSPS) is 18.6. The molecule has 2 fully saturated rings. The second-order valence-electron chi connectivity index (χ2n) is 15.3. The van der Waals surface area contributed by atoms with Crippen LogP contribution in [0.3, 0.4) is 0 Å². The molecule has 2 aliphatic rings. The first-order valence-corrected chi connectivity index (χ1v) is 20.6. The van der Waals surface area contributed by atoms with E-state index in [-0.39, 0.29) is 43.1 Å². The Morgan fingerprint density at radius 3 is 2.47 bits per heavy atom. The second-order valence-corrected chi connectivity index (χ2v) is 17.2. The summed E-state index contributed by atoms with van der Waals surface area (Å²) in [5.74, 6) is -1.28. The minimum absolute atomic E-state index is 0.000500. The molecule has 2 saturated heterocycles. The Labute approximate surface area is 329 Å². The van der Waals surface area contributed by atoms with Crippen LogP contribution in [0.4, 0.5) is 5.13 Å². The van der Waals surface area contributed by atoms with Gasteiger partial charge in [0.25, 0.3) is 5.91 Å². The monoisotopic (exact) mass is 789 g/mol. The third-order valence-electron chi connectivity index (χ3n) is 10.1.